The van der Waals surface area contributed by atoms with Crippen LogP contribution in [0, 0.1) is 0 Å². The lowest BCUT2D eigenvalue weighted by Gasteiger charge is -2.22. The molecule has 0 saturated heterocycles. The average Bonchev–Trinajstić information content (AvgIpc) is 2.54. The maximum Gasteiger partial charge on any atom is 0.304 e. The van der Waals surface area contributed by atoms with E-state index in [4.69, 9.17) is 5.11 Å². The molecule has 2 N–H and O–H groups in total. The second-order valence-corrected chi connectivity index (χ2v) is 6.12. The summed E-state index contributed by atoms with van der Waals surface area (Å²) in [4.78, 5) is 12.7. The second kappa shape index (κ2) is 8.30. The number of aryl methyl sites for hydroxylation is 2. The summed E-state index contributed by atoms with van der Waals surface area (Å²) in [6, 6.07) is 6.37. The monoisotopic (exact) mass is 305 g/mol. The molecule has 4 nitrogen and oxygen atoms in total. The first-order valence-corrected chi connectivity index (χ1v) is 8.34. The Morgan fingerprint density at radius 1 is 1.23 bits per heavy atom. The fourth-order valence-electron chi connectivity index (χ4n) is 3.11. The summed E-state index contributed by atoms with van der Waals surface area (Å²) < 4.78 is 0. The average molecular weight is 305 g/mol. The Morgan fingerprint density at radius 3 is 2.64 bits per heavy atom. The highest BCUT2D eigenvalue weighted by molar-refractivity contribution is 5.66. The van der Waals surface area contributed by atoms with Crippen LogP contribution in [0.15, 0.2) is 18.2 Å². The Kier molecular flexibility index (Phi) is 6.40. The van der Waals surface area contributed by atoms with Crippen molar-refractivity contribution in [2.45, 2.75) is 51.6 Å². The second-order valence-electron chi connectivity index (χ2n) is 6.12. The van der Waals surface area contributed by atoms with E-state index in [1.54, 1.807) is 0 Å². The maximum atomic E-state index is 10.6. The summed E-state index contributed by atoms with van der Waals surface area (Å²) in [7, 11) is 0. The van der Waals surface area contributed by atoms with E-state index in [-0.39, 0.29) is 6.42 Å². The van der Waals surface area contributed by atoms with Crippen molar-refractivity contribution < 1.29 is 15.0 Å². The molecule has 1 atom stereocenters. The molecule has 0 aromatic heterocycles. The SMILES string of the molecule is CCN(CCC(=O)O)CCC(O)c1ccc2c(c1)CCCC2. The van der Waals surface area contributed by atoms with Crippen LogP contribution in [0.5, 0.6) is 0 Å². The predicted octanol–water partition coefficient (Wildman–Crippen LogP) is 2.79. The summed E-state index contributed by atoms with van der Waals surface area (Å²) >= 11 is 0. The molecule has 1 aromatic rings. The van der Waals surface area contributed by atoms with E-state index in [2.05, 4.69) is 17.0 Å². The highest BCUT2D eigenvalue weighted by Crippen LogP contribution is 2.26. The van der Waals surface area contributed by atoms with Gasteiger partial charge in [-0.15, -0.1) is 0 Å². The molecule has 0 heterocycles. The van der Waals surface area contributed by atoms with Crippen LogP contribution in [0.4, 0.5) is 0 Å². The Labute approximate surface area is 132 Å². The number of carboxylic acids is 1. The zero-order chi connectivity index (χ0) is 15.9. The highest BCUT2D eigenvalue weighted by atomic mass is 16.4. The van der Waals surface area contributed by atoms with Crippen molar-refractivity contribution in [2.75, 3.05) is 19.6 Å². The van der Waals surface area contributed by atoms with Crippen LogP contribution in [0.25, 0.3) is 0 Å². The Bertz CT molecular complexity index is 501. The molecule has 1 aromatic carbocycles. The number of aliphatic hydroxyl groups is 1. The number of nitrogens with zero attached hydrogens (tertiary/aromatic N) is 1. The van der Waals surface area contributed by atoms with Gasteiger partial charge in [-0.3, -0.25) is 4.79 Å². The van der Waals surface area contributed by atoms with Gasteiger partial charge in [-0.1, -0.05) is 25.1 Å². The van der Waals surface area contributed by atoms with Crippen molar-refractivity contribution in [3.05, 3.63) is 34.9 Å². The van der Waals surface area contributed by atoms with Crippen LogP contribution in [0.3, 0.4) is 0 Å². The molecular formula is C18H27NO3. The smallest absolute Gasteiger partial charge is 0.304 e. The van der Waals surface area contributed by atoms with Gasteiger partial charge in [0.25, 0.3) is 0 Å². The number of aliphatic carboxylic acids is 1. The molecule has 0 amide bonds. The van der Waals surface area contributed by atoms with Gasteiger partial charge in [0.2, 0.25) is 0 Å². The molecule has 0 saturated carbocycles. The molecule has 0 radical (unpaired) electrons. The van der Waals surface area contributed by atoms with Gasteiger partial charge in [-0.2, -0.15) is 0 Å². The summed E-state index contributed by atoms with van der Waals surface area (Å²) in [5, 5.41) is 19.2. The van der Waals surface area contributed by atoms with Crippen LogP contribution in [0.1, 0.15) is 55.4 Å². The van der Waals surface area contributed by atoms with Gasteiger partial charge < -0.3 is 15.1 Å². The largest absolute Gasteiger partial charge is 0.481 e. The minimum atomic E-state index is -0.770. The van der Waals surface area contributed by atoms with Gasteiger partial charge in [0.05, 0.1) is 12.5 Å². The number of rotatable bonds is 8. The third kappa shape index (κ3) is 4.82. The standard InChI is InChI=1S/C18H27NO3/c1-2-19(12-10-18(21)22)11-9-17(20)16-8-7-14-5-3-4-6-15(14)13-16/h7-8,13,17,20H,2-6,9-12H2,1H3,(H,21,22). The summed E-state index contributed by atoms with van der Waals surface area (Å²) in [6.07, 6.45) is 5.12. The van der Waals surface area contributed by atoms with E-state index in [1.807, 2.05) is 13.0 Å². The highest BCUT2D eigenvalue weighted by Gasteiger charge is 2.15. The van der Waals surface area contributed by atoms with Crippen LogP contribution in [-0.2, 0) is 17.6 Å². The van der Waals surface area contributed by atoms with Gasteiger partial charge >= 0.3 is 5.97 Å². The van der Waals surface area contributed by atoms with Gasteiger partial charge in [-0.25, -0.2) is 0 Å². The lowest BCUT2D eigenvalue weighted by Crippen LogP contribution is -2.28. The maximum absolute atomic E-state index is 10.6. The lowest BCUT2D eigenvalue weighted by molar-refractivity contribution is -0.137. The molecule has 0 aliphatic heterocycles. The summed E-state index contributed by atoms with van der Waals surface area (Å²) in [5.74, 6) is -0.770. The van der Waals surface area contributed by atoms with Crippen molar-refractivity contribution in [3.63, 3.8) is 0 Å². The molecule has 122 valence electrons. The fourth-order valence-corrected chi connectivity index (χ4v) is 3.11. The van der Waals surface area contributed by atoms with Crippen molar-refractivity contribution in [3.8, 4) is 0 Å². The number of aliphatic hydroxyl groups excluding tert-OH is 1. The molecule has 1 aliphatic rings. The third-order valence-electron chi connectivity index (χ3n) is 4.57. The van der Waals surface area contributed by atoms with Gasteiger partial charge in [0, 0.05) is 13.1 Å². The number of carbonyl (C=O) groups is 1. The number of hydrogen-bond donors (Lipinski definition) is 2. The minimum Gasteiger partial charge on any atom is -0.481 e. The molecular weight excluding hydrogens is 278 g/mol. The third-order valence-corrected chi connectivity index (χ3v) is 4.57. The molecule has 0 fully saturated rings. The van der Waals surface area contributed by atoms with Crippen molar-refractivity contribution in [2.24, 2.45) is 0 Å². The number of fused-ring (bicyclic) bond motifs is 1. The Balaban J connectivity index is 1.88. The topological polar surface area (TPSA) is 60.8 Å². The van der Waals surface area contributed by atoms with Crippen molar-refractivity contribution in [1.82, 2.24) is 4.90 Å². The summed E-state index contributed by atoms with van der Waals surface area (Å²) in [6.45, 7) is 4.10. The van der Waals surface area contributed by atoms with Crippen LogP contribution in [0.2, 0.25) is 0 Å². The van der Waals surface area contributed by atoms with E-state index < -0.39 is 12.1 Å². The molecule has 22 heavy (non-hydrogen) atoms. The van der Waals surface area contributed by atoms with E-state index >= 15 is 0 Å². The van der Waals surface area contributed by atoms with Gasteiger partial charge in [0.1, 0.15) is 0 Å². The lowest BCUT2D eigenvalue weighted by atomic mass is 9.89. The Morgan fingerprint density at radius 2 is 1.95 bits per heavy atom. The molecule has 2 rings (SSSR count). The predicted molar refractivity (Wildman–Crippen MR) is 87.0 cm³/mol. The van der Waals surface area contributed by atoms with E-state index in [0.717, 1.165) is 31.5 Å². The molecule has 0 bridgehead atoms. The zero-order valence-corrected chi connectivity index (χ0v) is 13.4. The van der Waals surface area contributed by atoms with Crippen molar-refractivity contribution >= 4 is 5.97 Å². The van der Waals surface area contributed by atoms with Crippen LogP contribution < -0.4 is 0 Å². The number of carboxylic acid groups (broad SMARTS) is 1. The normalized spacial score (nSPS) is 15.6. The van der Waals surface area contributed by atoms with Gasteiger partial charge in [-0.05, 0) is 55.3 Å². The zero-order valence-electron chi connectivity index (χ0n) is 13.4. The number of hydrogen-bond acceptors (Lipinski definition) is 3. The molecule has 1 unspecified atom stereocenters. The minimum absolute atomic E-state index is 0.156. The van der Waals surface area contributed by atoms with E-state index in [1.165, 1.54) is 24.0 Å². The Hall–Kier alpha value is -1.39. The van der Waals surface area contributed by atoms with Gasteiger partial charge in [0.15, 0.2) is 0 Å². The van der Waals surface area contributed by atoms with Crippen molar-refractivity contribution in [1.29, 1.82) is 0 Å². The quantitative estimate of drug-likeness (QED) is 0.775. The first-order chi connectivity index (χ1) is 10.6. The van der Waals surface area contributed by atoms with Crippen LogP contribution >= 0.6 is 0 Å². The first kappa shape index (κ1) is 17.0. The summed E-state index contributed by atoms with van der Waals surface area (Å²) in [5.41, 5.74) is 3.81. The fraction of sp³-hybridized carbons (Fsp3) is 0.611. The van der Waals surface area contributed by atoms with Crippen LogP contribution in [-0.4, -0.2) is 40.7 Å². The molecule has 1 aliphatic carbocycles. The molecule has 0 spiro atoms. The first-order valence-electron chi connectivity index (χ1n) is 8.34. The number of benzene rings is 1. The van der Waals surface area contributed by atoms with E-state index in [0.29, 0.717) is 13.0 Å². The van der Waals surface area contributed by atoms with E-state index in [9.17, 15) is 9.90 Å². The molecule has 4 heteroatoms.